The third-order valence-corrected chi connectivity index (χ3v) is 4.48. The maximum atomic E-state index is 4.75. The van der Waals surface area contributed by atoms with Crippen LogP contribution in [-0.2, 0) is 0 Å². The van der Waals surface area contributed by atoms with E-state index in [-0.39, 0.29) is 6.04 Å². The SMILES string of the molecule is CC(N=Cc1ccc2ccccc2c1)c1ccc2ccccc2c1. The zero-order valence-electron chi connectivity index (χ0n) is 13.7. The number of fused-ring (bicyclic) bond motifs is 2. The van der Waals surface area contributed by atoms with Gasteiger partial charge in [-0.05, 0) is 51.7 Å². The molecule has 0 saturated heterocycles. The summed E-state index contributed by atoms with van der Waals surface area (Å²) in [5.74, 6) is 0. The minimum absolute atomic E-state index is 0.140. The number of hydrogen-bond acceptors (Lipinski definition) is 1. The summed E-state index contributed by atoms with van der Waals surface area (Å²) < 4.78 is 0. The highest BCUT2D eigenvalue weighted by Crippen LogP contribution is 2.23. The Morgan fingerprint density at radius 1 is 0.667 bits per heavy atom. The molecule has 1 heteroatoms. The number of hydrogen-bond donors (Lipinski definition) is 0. The zero-order valence-corrected chi connectivity index (χ0v) is 13.7. The normalized spacial score (nSPS) is 12.9. The molecule has 0 N–H and O–H groups in total. The summed E-state index contributed by atoms with van der Waals surface area (Å²) in [7, 11) is 0. The molecule has 116 valence electrons. The molecule has 4 aromatic carbocycles. The number of benzene rings is 4. The molecule has 0 bridgehead atoms. The van der Waals surface area contributed by atoms with Gasteiger partial charge in [-0.3, -0.25) is 4.99 Å². The zero-order chi connectivity index (χ0) is 16.4. The summed E-state index contributed by atoms with van der Waals surface area (Å²) in [4.78, 5) is 4.75. The van der Waals surface area contributed by atoms with Crippen molar-refractivity contribution in [1.29, 1.82) is 0 Å². The van der Waals surface area contributed by atoms with Gasteiger partial charge < -0.3 is 0 Å². The molecule has 0 aliphatic rings. The van der Waals surface area contributed by atoms with Crippen molar-refractivity contribution in [3.8, 4) is 0 Å². The minimum atomic E-state index is 0.140. The predicted molar refractivity (Wildman–Crippen MR) is 104 cm³/mol. The Morgan fingerprint density at radius 3 is 1.96 bits per heavy atom. The molecule has 0 saturated carbocycles. The van der Waals surface area contributed by atoms with E-state index in [2.05, 4.69) is 91.9 Å². The summed E-state index contributed by atoms with van der Waals surface area (Å²) in [5.41, 5.74) is 2.38. The average Bonchev–Trinajstić information content (AvgIpc) is 2.65. The van der Waals surface area contributed by atoms with Gasteiger partial charge in [0.25, 0.3) is 0 Å². The van der Waals surface area contributed by atoms with E-state index in [1.54, 1.807) is 0 Å². The van der Waals surface area contributed by atoms with Gasteiger partial charge >= 0.3 is 0 Å². The average molecular weight is 309 g/mol. The molecule has 0 aromatic heterocycles. The monoisotopic (exact) mass is 309 g/mol. The van der Waals surface area contributed by atoms with Crippen LogP contribution in [0.5, 0.6) is 0 Å². The van der Waals surface area contributed by atoms with Crippen LogP contribution in [-0.4, -0.2) is 6.21 Å². The highest BCUT2D eigenvalue weighted by molar-refractivity contribution is 5.90. The van der Waals surface area contributed by atoms with Crippen molar-refractivity contribution >= 4 is 27.8 Å². The van der Waals surface area contributed by atoms with Crippen molar-refractivity contribution in [2.24, 2.45) is 4.99 Å². The van der Waals surface area contributed by atoms with Crippen LogP contribution in [0.3, 0.4) is 0 Å². The van der Waals surface area contributed by atoms with E-state index in [0.717, 1.165) is 5.56 Å². The van der Waals surface area contributed by atoms with Crippen molar-refractivity contribution in [3.63, 3.8) is 0 Å². The van der Waals surface area contributed by atoms with E-state index >= 15 is 0 Å². The molecule has 0 aliphatic carbocycles. The second kappa shape index (κ2) is 6.29. The van der Waals surface area contributed by atoms with Gasteiger partial charge in [0, 0.05) is 6.21 Å². The van der Waals surface area contributed by atoms with Crippen LogP contribution < -0.4 is 0 Å². The summed E-state index contributed by atoms with van der Waals surface area (Å²) in [6, 6.07) is 30.0. The van der Waals surface area contributed by atoms with Crippen LogP contribution in [0.2, 0.25) is 0 Å². The fourth-order valence-electron chi connectivity index (χ4n) is 3.04. The van der Waals surface area contributed by atoms with E-state index in [1.807, 2.05) is 6.21 Å². The molecule has 4 rings (SSSR count). The van der Waals surface area contributed by atoms with Gasteiger partial charge in [-0.15, -0.1) is 0 Å². The molecule has 0 heterocycles. The second-order valence-electron chi connectivity index (χ2n) is 6.17. The van der Waals surface area contributed by atoms with Crippen molar-refractivity contribution in [1.82, 2.24) is 0 Å². The largest absolute Gasteiger partial charge is 0.285 e. The van der Waals surface area contributed by atoms with Gasteiger partial charge in [0.2, 0.25) is 0 Å². The van der Waals surface area contributed by atoms with E-state index in [0.29, 0.717) is 0 Å². The number of aliphatic imine (C=N–C) groups is 1. The Hall–Kier alpha value is -2.93. The molecule has 1 nitrogen and oxygen atoms in total. The van der Waals surface area contributed by atoms with Gasteiger partial charge in [-0.2, -0.15) is 0 Å². The molecule has 0 aliphatic heterocycles. The lowest BCUT2D eigenvalue weighted by atomic mass is 10.0. The lowest BCUT2D eigenvalue weighted by molar-refractivity contribution is 0.827. The van der Waals surface area contributed by atoms with Crippen LogP contribution in [0.1, 0.15) is 24.1 Å². The third kappa shape index (κ3) is 2.93. The van der Waals surface area contributed by atoms with E-state index in [9.17, 15) is 0 Å². The Labute approximate surface area is 142 Å². The topological polar surface area (TPSA) is 12.4 Å². The van der Waals surface area contributed by atoms with Gasteiger partial charge in [0.1, 0.15) is 0 Å². The summed E-state index contributed by atoms with van der Waals surface area (Å²) in [6.07, 6.45) is 1.98. The van der Waals surface area contributed by atoms with Crippen LogP contribution in [0.4, 0.5) is 0 Å². The number of rotatable bonds is 3. The molecule has 0 radical (unpaired) electrons. The molecule has 1 atom stereocenters. The Bertz CT molecular complexity index is 1030. The maximum Gasteiger partial charge on any atom is 0.0721 e. The van der Waals surface area contributed by atoms with Crippen LogP contribution in [0.15, 0.2) is 89.9 Å². The van der Waals surface area contributed by atoms with E-state index < -0.39 is 0 Å². The molecular weight excluding hydrogens is 290 g/mol. The molecule has 0 spiro atoms. The Kier molecular flexibility index (Phi) is 3.84. The van der Waals surface area contributed by atoms with Crippen molar-refractivity contribution in [3.05, 3.63) is 96.1 Å². The second-order valence-corrected chi connectivity index (χ2v) is 6.17. The quantitative estimate of drug-likeness (QED) is 0.401. The van der Waals surface area contributed by atoms with Crippen LogP contribution in [0, 0.1) is 0 Å². The van der Waals surface area contributed by atoms with Crippen molar-refractivity contribution in [2.75, 3.05) is 0 Å². The van der Waals surface area contributed by atoms with Crippen molar-refractivity contribution in [2.45, 2.75) is 13.0 Å². The van der Waals surface area contributed by atoms with Gasteiger partial charge in [0.05, 0.1) is 6.04 Å². The lowest BCUT2D eigenvalue weighted by Gasteiger charge is -2.08. The highest BCUT2D eigenvalue weighted by atomic mass is 14.8. The first-order chi connectivity index (χ1) is 11.8. The molecule has 24 heavy (non-hydrogen) atoms. The minimum Gasteiger partial charge on any atom is -0.285 e. The van der Waals surface area contributed by atoms with Gasteiger partial charge in [-0.1, -0.05) is 72.8 Å². The molecule has 0 amide bonds. The summed E-state index contributed by atoms with van der Waals surface area (Å²) in [5, 5.41) is 5.05. The molecular formula is C23H19N. The third-order valence-electron chi connectivity index (χ3n) is 4.48. The summed E-state index contributed by atoms with van der Waals surface area (Å²) in [6.45, 7) is 2.14. The van der Waals surface area contributed by atoms with E-state index in [1.165, 1.54) is 27.1 Å². The fourth-order valence-corrected chi connectivity index (χ4v) is 3.04. The van der Waals surface area contributed by atoms with Crippen LogP contribution >= 0.6 is 0 Å². The maximum absolute atomic E-state index is 4.75. The van der Waals surface area contributed by atoms with Gasteiger partial charge in [-0.25, -0.2) is 0 Å². The lowest BCUT2D eigenvalue weighted by Crippen LogP contribution is -1.91. The Morgan fingerprint density at radius 2 is 1.25 bits per heavy atom. The Balaban J connectivity index is 1.60. The van der Waals surface area contributed by atoms with E-state index in [4.69, 9.17) is 4.99 Å². The first-order valence-corrected chi connectivity index (χ1v) is 8.30. The molecule has 4 aromatic rings. The number of nitrogens with zero attached hydrogens (tertiary/aromatic N) is 1. The molecule has 0 fully saturated rings. The fraction of sp³-hybridized carbons (Fsp3) is 0.0870. The van der Waals surface area contributed by atoms with Gasteiger partial charge in [0.15, 0.2) is 0 Å². The van der Waals surface area contributed by atoms with Crippen molar-refractivity contribution < 1.29 is 0 Å². The van der Waals surface area contributed by atoms with Crippen LogP contribution in [0.25, 0.3) is 21.5 Å². The smallest absolute Gasteiger partial charge is 0.0721 e. The first-order valence-electron chi connectivity index (χ1n) is 8.30. The standard InChI is InChI=1S/C23H19N/c1-17(21-13-12-20-7-3-5-9-23(20)15-21)24-16-18-10-11-19-6-2-4-8-22(19)14-18/h2-17H,1H3. The molecule has 1 unspecified atom stereocenters. The predicted octanol–water partition coefficient (Wildman–Crippen LogP) is 6.17. The summed E-state index contributed by atoms with van der Waals surface area (Å²) >= 11 is 0. The first kappa shape index (κ1) is 14.6. The highest BCUT2D eigenvalue weighted by Gasteiger charge is 2.03.